The van der Waals surface area contributed by atoms with Crippen LogP contribution < -0.4 is 26.0 Å². The van der Waals surface area contributed by atoms with Crippen LogP contribution in [0.15, 0.2) is 48.5 Å². The average molecular weight is 757 g/mol. The Kier molecular flexibility index (Phi) is 12.8. The Morgan fingerprint density at radius 2 is 1.67 bits per heavy atom. The normalized spacial score (nSPS) is 15.3. The monoisotopic (exact) mass is 756 g/mol. The molecule has 2 aliphatic rings. The Morgan fingerprint density at radius 1 is 0.945 bits per heavy atom. The Balaban J connectivity index is 1.38. The van der Waals surface area contributed by atoms with Gasteiger partial charge in [0.15, 0.2) is 5.69 Å². The number of hydrogen-bond donors (Lipinski definition) is 5. The number of esters is 2. The number of alkyl carbamates (subject to hydrolysis) is 1. The number of amidine groups is 1. The number of rotatable bonds is 14. The Labute approximate surface area is 317 Å². The molecular formula is C39H44N6O10. The highest BCUT2D eigenvalue weighted by Gasteiger charge is 2.28. The summed E-state index contributed by atoms with van der Waals surface area (Å²) in [6, 6.07) is 11.9. The molecule has 4 amide bonds. The summed E-state index contributed by atoms with van der Waals surface area (Å²) in [5, 5.41) is 19.0. The van der Waals surface area contributed by atoms with Gasteiger partial charge in [-0.2, -0.15) is 0 Å². The number of benzene rings is 2. The van der Waals surface area contributed by atoms with Crippen LogP contribution in [0.2, 0.25) is 0 Å². The van der Waals surface area contributed by atoms with Gasteiger partial charge in [-0.1, -0.05) is 13.8 Å². The van der Waals surface area contributed by atoms with E-state index in [1.54, 1.807) is 32.9 Å². The van der Waals surface area contributed by atoms with Crippen LogP contribution in [0, 0.1) is 24.2 Å². The van der Waals surface area contributed by atoms with E-state index in [4.69, 9.17) is 24.4 Å². The molecule has 0 bridgehead atoms. The lowest BCUT2D eigenvalue weighted by molar-refractivity contribution is -0.169. The van der Waals surface area contributed by atoms with Gasteiger partial charge < -0.3 is 34.9 Å². The van der Waals surface area contributed by atoms with Crippen LogP contribution in [-0.4, -0.2) is 79.2 Å². The molecular weight excluding hydrogens is 712 g/mol. The number of aromatic nitrogens is 1. The highest BCUT2D eigenvalue weighted by molar-refractivity contribution is 6.11. The summed E-state index contributed by atoms with van der Waals surface area (Å²) < 4.78 is 21.4. The fourth-order valence-corrected chi connectivity index (χ4v) is 5.56. The van der Waals surface area contributed by atoms with Crippen LogP contribution in [0.25, 0.3) is 11.1 Å². The number of anilines is 1. The first-order valence-electron chi connectivity index (χ1n) is 17.9. The fraction of sp³-hybridized carbons (Fsp3) is 0.385. The molecule has 1 aliphatic heterocycles. The van der Waals surface area contributed by atoms with E-state index in [1.165, 1.54) is 50.4 Å². The molecule has 1 saturated heterocycles. The van der Waals surface area contributed by atoms with E-state index in [9.17, 15) is 28.8 Å². The van der Waals surface area contributed by atoms with E-state index < -0.39 is 42.1 Å². The largest absolute Gasteiger partial charge is 0.496 e. The molecule has 2 atom stereocenters. The SMILES string of the molecule is COc1cc(-c2ccc(C(=O)NCC3CC3)nc2C(=O)OC(C)OC(=O)C(C)C)c(C(=O)Nc2ccc(C(=N)NC(=O)OC[C@@H]3CCC(=O)N3)cc2)cc1C. The summed E-state index contributed by atoms with van der Waals surface area (Å²) in [5.74, 6) is -2.67. The first kappa shape index (κ1) is 39.9. The second kappa shape index (κ2) is 17.7. The maximum Gasteiger partial charge on any atom is 0.412 e. The van der Waals surface area contributed by atoms with Crippen molar-refractivity contribution in [3.63, 3.8) is 0 Å². The van der Waals surface area contributed by atoms with E-state index in [1.807, 2.05) is 0 Å². The van der Waals surface area contributed by atoms with Gasteiger partial charge in [-0.3, -0.25) is 29.9 Å². The summed E-state index contributed by atoms with van der Waals surface area (Å²) in [6.45, 7) is 6.84. The molecule has 5 N–H and O–H groups in total. The second-order valence-corrected chi connectivity index (χ2v) is 13.6. The molecule has 2 fully saturated rings. The Morgan fingerprint density at radius 3 is 2.31 bits per heavy atom. The summed E-state index contributed by atoms with van der Waals surface area (Å²) >= 11 is 0. The van der Waals surface area contributed by atoms with Gasteiger partial charge in [0.1, 0.15) is 23.9 Å². The van der Waals surface area contributed by atoms with E-state index in [-0.39, 0.29) is 52.5 Å². The number of carbonyl (C=O) groups is 6. The average Bonchev–Trinajstić information content (AvgIpc) is 3.90. The Hall–Kier alpha value is -6.32. The molecule has 5 rings (SSSR count). The van der Waals surface area contributed by atoms with Crippen molar-refractivity contribution in [3.8, 4) is 16.9 Å². The fourth-order valence-electron chi connectivity index (χ4n) is 5.56. The summed E-state index contributed by atoms with van der Waals surface area (Å²) in [6.07, 6.45) is 0.825. The molecule has 1 unspecified atom stereocenters. The molecule has 16 heteroatoms. The van der Waals surface area contributed by atoms with Crippen molar-refractivity contribution in [3.05, 3.63) is 76.6 Å². The van der Waals surface area contributed by atoms with Gasteiger partial charge in [0, 0.05) is 47.8 Å². The third kappa shape index (κ3) is 10.6. The number of carbonyl (C=O) groups excluding carboxylic acids is 6. The molecule has 290 valence electrons. The summed E-state index contributed by atoms with van der Waals surface area (Å²) in [4.78, 5) is 80.9. The number of nitrogens with one attached hydrogen (secondary N) is 5. The smallest absolute Gasteiger partial charge is 0.412 e. The van der Waals surface area contributed by atoms with Crippen LogP contribution in [0.4, 0.5) is 10.5 Å². The quantitative estimate of drug-likeness (QED) is 0.0667. The third-order valence-electron chi connectivity index (χ3n) is 8.82. The molecule has 1 aromatic heterocycles. The molecule has 2 aromatic carbocycles. The standard InChI is InChI=1S/C39H44N6O10/c1-20(2)37(49)54-22(4)55-38(50)33-27(13-14-30(44-33)36(48)41-18-23-6-7-23)28-17-31(52-5)21(3)16-29(28)35(47)43-25-10-8-24(9-11-25)34(40)45-39(51)53-19-26-12-15-32(46)42-26/h8-11,13-14,16-17,20,22-23,26H,6-7,12,15,18-19H2,1-5H3,(H,41,48)(H,42,46)(H,43,47)(H2,40,45,51)/t22?,26-/m0/s1. The van der Waals surface area contributed by atoms with E-state index in [0.717, 1.165) is 12.8 Å². The van der Waals surface area contributed by atoms with Crippen molar-refractivity contribution in [1.82, 2.24) is 20.9 Å². The minimum atomic E-state index is -1.29. The van der Waals surface area contributed by atoms with Crippen LogP contribution in [0.5, 0.6) is 5.75 Å². The first-order chi connectivity index (χ1) is 26.2. The zero-order chi connectivity index (χ0) is 39.8. The maximum absolute atomic E-state index is 13.9. The molecule has 0 radical (unpaired) electrons. The molecule has 0 spiro atoms. The van der Waals surface area contributed by atoms with Gasteiger partial charge in [0.05, 0.1) is 19.1 Å². The van der Waals surface area contributed by atoms with Gasteiger partial charge in [0.2, 0.25) is 12.2 Å². The lowest BCUT2D eigenvalue weighted by atomic mass is 9.94. The summed E-state index contributed by atoms with van der Waals surface area (Å²) in [5.41, 5.74) is 1.43. The minimum Gasteiger partial charge on any atom is -0.496 e. The number of amides is 4. The maximum atomic E-state index is 13.9. The van der Waals surface area contributed by atoms with Crippen LogP contribution in [0.3, 0.4) is 0 Å². The van der Waals surface area contributed by atoms with Gasteiger partial charge in [-0.05, 0) is 86.2 Å². The first-order valence-corrected chi connectivity index (χ1v) is 17.9. The predicted molar refractivity (Wildman–Crippen MR) is 199 cm³/mol. The van der Waals surface area contributed by atoms with E-state index in [2.05, 4.69) is 26.3 Å². The third-order valence-corrected chi connectivity index (χ3v) is 8.82. The van der Waals surface area contributed by atoms with Crippen LogP contribution in [-0.2, 0) is 23.8 Å². The van der Waals surface area contributed by atoms with Crippen molar-refractivity contribution >= 4 is 47.3 Å². The number of aryl methyl sites for hydroxylation is 1. The lowest BCUT2D eigenvalue weighted by Crippen LogP contribution is -2.36. The van der Waals surface area contributed by atoms with Crippen LogP contribution >= 0.6 is 0 Å². The van der Waals surface area contributed by atoms with Gasteiger partial charge in [-0.25, -0.2) is 14.6 Å². The van der Waals surface area contributed by atoms with Crippen molar-refractivity contribution < 1.29 is 47.7 Å². The molecule has 3 aromatic rings. The molecule has 1 saturated carbocycles. The lowest BCUT2D eigenvalue weighted by Gasteiger charge is -2.19. The minimum absolute atomic E-state index is 0.0198. The molecule has 1 aliphatic carbocycles. The zero-order valence-corrected chi connectivity index (χ0v) is 31.2. The zero-order valence-electron chi connectivity index (χ0n) is 31.2. The predicted octanol–water partition coefficient (Wildman–Crippen LogP) is 4.49. The van der Waals surface area contributed by atoms with E-state index >= 15 is 0 Å². The highest BCUT2D eigenvalue weighted by Crippen LogP contribution is 2.34. The second-order valence-electron chi connectivity index (χ2n) is 13.6. The van der Waals surface area contributed by atoms with Gasteiger partial charge in [0.25, 0.3) is 11.8 Å². The van der Waals surface area contributed by atoms with Gasteiger partial charge >= 0.3 is 18.0 Å². The molecule has 55 heavy (non-hydrogen) atoms. The molecule has 16 nitrogen and oxygen atoms in total. The number of pyridine rings is 1. The van der Waals surface area contributed by atoms with Crippen molar-refractivity contribution in [2.24, 2.45) is 11.8 Å². The highest BCUT2D eigenvalue weighted by atomic mass is 16.7. The number of nitrogens with zero attached hydrogens (tertiary/aromatic N) is 1. The van der Waals surface area contributed by atoms with Crippen molar-refractivity contribution in [2.75, 3.05) is 25.6 Å². The number of methoxy groups -OCH3 is 1. The number of ether oxygens (including phenoxy) is 4. The topological polar surface area (TPSA) is 224 Å². The van der Waals surface area contributed by atoms with Crippen molar-refractivity contribution in [2.45, 2.75) is 65.7 Å². The molecule has 2 heterocycles. The van der Waals surface area contributed by atoms with Crippen LogP contribution in [0.1, 0.15) is 88.9 Å². The summed E-state index contributed by atoms with van der Waals surface area (Å²) in [7, 11) is 1.46. The van der Waals surface area contributed by atoms with Gasteiger partial charge in [-0.15, -0.1) is 0 Å². The number of hydrogen-bond acceptors (Lipinski definition) is 12. The van der Waals surface area contributed by atoms with E-state index in [0.29, 0.717) is 47.9 Å². The van der Waals surface area contributed by atoms with Crippen molar-refractivity contribution in [1.29, 1.82) is 5.41 Å². The Bertz CT molecular complexity index is 1990.